The standard InChI is InChI=1S/C19H14F3N3O3/c1-17-6-10(8-24)18(2,28-17)14-13(17)15(26)25(16(14)27)11-4-3-9(7-23)12(5-11)19(20,21)22/h3-5,10,13-14H,6H2,1-2H3. The highest BCUT2D eigenvalue weighted by Crippen LogP contribution is 2.63. The van der Waals surface area contributed by atoms with E-state index in [1.54, 1.807) is 13.8 Å². The molecule has 0 saturated carbocycles. The highest BCUT2D eigenvalue weighted by atomic mass is 19.4. The zero-order chi connectivity index (χ0) is 20.6. The Morgan fingerprint density at radius 2 is 1.82 bits per heavy atom. The number of nitriles is 2. The second-order valence-corrected chi connectivity index (χ2v) is 7.79. The van der Waals surface area contributed by atoms with Crippen LogP contribution in [0.25, 0.3) is 0 Å². The minimum Gasteiger partial charge on any atom is -0.366 e. The van der Waals surface area contributed by atoms with E-state index in [4.69, 9.17) is 10.00 Å². The first-order valence-electron chi connectivity index (χ1n) is 8.57. The van der Waals surface area contributed by atoms with Crippen LogP contribution in [0.5, 0.6) is 0 Å². The van der Waals surface area contributed by atoms with E-state index in [9.17, 15) is 28.0 Å². The first-order chi connectivity index (χ1) is 13.0. The van der Waals surface area contributed by atoms with Gasteiger partial charge in [-0.1, -0.05) is 0 Å². The van der Waals surface area contributed by atoms with E-state index in [2.05, 4.69) is 6.07 Å². The summed E-state index contributed by atoms with van der Waals surface area (Å²) in [5.41, 5.74) is -4.24. The van der Waals surface area contributed by atoms with Gasteiger partial charge in [0.2, 0.25) is 11.8 Å². The van der Waals surface area contributed by atoms with Crippen LogP contribution in [0.3, 0.4) is 0 Å². The fourth-order valence-corrected chi connectivity index (χ4v) is 4.99. The lowest BCUT2D eigenvalue weighted by Gasteiger charge is -2.31. The SMILES string of the molecule is CC12CC(C#N)C(C)(O1)C1C(=O)N(c3ccc(C#N)c(C(F)(F)F)c3)C(=O)C12. The molecule has 3 heterocycles. The van der Waals surface area contributed by atoms with Crippen molar-refractivity contribution in [2.24, 2.45) is 17.8 Å². The predicted molar refractivity (Wildman–Crippen MR) is 87.2 cm³/mol. The van der Waals surface area contributed by atoms with Gasteiger partial charge in [0, 0.05) is 0 Å². The molecule has 6 nitrogen and oxygen atoms in total. The highest BCUT2D eigenvalue weighted by Gasteiger charge is 2.76. The molecule has 0 spiro atoms. The average Bonchev–Trinajstić information content (AvgIpc) is 3.14. The van der Waals surface area contributed by atoms with Crippen LogP contribution in [-0.4, -0.2) is 23.0 Å². The molecule has 3 aliphatic heterocycles. The molecule has 4 rings (SSSR count). The molecule has 0 radical (unpaired) electrons. The van der Waals surface area contributed by atoms with E-state index in [0.717, 1.165) is 17.0 Å². The number of imide groups is 1. The maximum Gasteiger partial charge on any atom is 0.417 e. The third-order valence-electron chi connectivity index (χ3n) is 6.18. The first kappa shape index (κ1) is 18.5. The summed E-state index contributed by atoms with van der Waals surface area (Å²) in [6.07, 6.45) is -4.54. The Morgan fingerprint density at radius 3 is 2.39 bits per heavy atom. The summed E-state index contributed by atoms with van der Waals surface area (Å²) in [5, 5.41) is 18.3. The summed E-state index contributed by atoms with van der Waals surface area (Å²) < 4.78 is 45.8. The summed E-state index contributed by atoms with van der Waals surface area (Å²) in [5.74, 6) is -3.72. The number of fused-ring (bicyclic) bond motifs is 5. The normalized spacial score (nSPS) is 36.4. The Balaban J connectivity index is 1.81. The zero-order valence-electron chi connectivity index (χ0n) is 14.9. The third kappa shape index (κ3) is 2.11. The summed E-state index contributed by atoms with van der Waals surface area (Å²) in [6, 6.07) is 6.32. The number of amides is 2. The summed E-state index contributed by atoms with van der Waals surface area (Å²) >= 11 is 0. The van der Waals surface area contributed by atoms with E-state index in [-0.39, 0.29) is 12.1 Å². The number of nitrogens with zero attached hydrogens (tertiary/aromatic N) is 3. The first-order valence-corrected chi connectivity index (χ1v) is 8.57. The van der Waals surface area contributed by atoms with Gasteiger partial charge in [-0.25, -0.2) is 4.90 Å². The van der Waals surface area contributed by atoms with Crippen LogP contribution in [0, 0.1) is 40.4 Å². The second kappa shape index (κ2) is 5.33. The van der Waals surface area contributed by atoms with Gasteiger partial charge in [0.15, 0.2) is 0 Å². The molecule has 28 heavy (non-hydrogen) atoms. The number of anilines is 1. The molecular weight excluding hydrogens is 375 g/mol. The van der Waals surface area contributed by atoms with Crippen molar-refractivity contribution in [2.75, 3.05) is 4.90 Å². The van der Waals surface area contributed by atoms with Crippen molar-refractivity contribution in [2.45, 2.75) is 37.6 Å². The lowest BCUT2D eigenvalue weighted by Crippen LogP contribution is -2.45. The Kier molecular flexibility index (Phi) is 3.51. The summed E-state index contributed by atoms with van der Waals surface area (Å²) in [4.78, 5) is 26.9. The maximum atomic E-state index is 13.3. The van der Waals surface area contributed by atoms with Crippen molar-refractivity contribution in [3.05, 3.63) is 29.3 Å². The molecule has 2 amide bonds. The highest BCUT2D eigenvalue weighted by molar-refractivity contribution is 6.23. The molecule has 3 aliphatic rings. The van der Waals surface area contributed by atoms with Gasteiger partial charge < -0.3 is 4.74 Å². The molecule has 144 valence electrons. The van der Waals surface area contributed by atoms with Gasteiger partial charge in [0.05, 0.1) is 57.9 Å². The number of halogens is 3. The number of hydrogen-bond donors (Lipinski definition) is 0. The van der Waals surface area contributed by atoms with Crippen LogP contribution >= 0.6 is 0 Å². The van der Waals surface area contributed by atoms with Gasteiger partial charge in [0.25, 0.3) is 0 Å². The zero-order valence-corrected chi connectivity index (χ0v) is 14.9. The van der Waals surface area contributed by atoms with E-state index in [1.165, 1.54) is 6.07 Å². The van der Waals surface area contributed by atoms with Crippen molar-refractivity contribution in [1.29, 1.82) is 10.5 Å². The van der Waals surface area contributed by atoms with E-state index < -0.39 is 58.1 Å². The average molecular weight is 389 g/mol. The van der Waals surface area contributed by atoms with Crippen molar-refractivity contribution in [3.63, 3.8) is 0 Å². The van der Waals surface area contributed by atoms with Crippen LogP contribution in [0.4, 0.5) is 18.9 Å². The van der Waals surface area contributed by atoms with Crippen molar-refractivity contribution in [3.8, 4) is 12.1 Å². The van der Waals surface area contributed by atoms with Crippen LogP contribution in [0.2, 0.25) is 0 Å². The number of hydrogen-bond acceptors (Lipinski definition) is 5. The quantitative estimate of drug-likeness (QED) is 0.689. The van der Waals surface area contributed by atoms with Gasteiger partial charge in [-0.05, 0) is 38.5 Å². The monoisotopic (exact) mass is 389 g/mol. The van der Waals surface area contributed by atoms with Crippen LogP contribution in [0.15, 0.2) is 18.2 Å². The molecule has 3 saturated heterocycles. The van der Waals surface area contributed by atoms with Crippen molar-refractivity contribution >= 4 is 17.5 Å². The molecule has 1 aromatic carbocycles. The summed E-state index contributed by atoms with van der Waals surface area (Å²) in [6.45, 7) is 3.26. The van der Waals surface area contributed by atoms with Crippen molar-refractivity contribution in [1.82, 2.24) is 0 Å². The largest absolute Gasteiger partial charge is 0.417 e. The number of benzene rings is 1. The minimum atomic E-state index is -4.81. The molecule has 0 aromatic heterocycles. The van der Waals surface area contributed by atoms with Gasteiger partial charge in [-0.15, -0.1) is 0 Å². The molecule has 3 fully saturated rings. The summed E-state index contributed by atoms with van der Waals surface area (Å²) in [7, 11) is 0. The maximum absolute atomic E-state index is 13.3. The Morgan fingerprint density at radius 1 is 1.18 bits per heavy atom. The smallest absolute Gasteiger partial charge is 0.366 e. The Labute approximate surface area is 158 Å². The molecule has 2 bridgehead atoms. The number of rotatable bonds is 1. The second-order valence-electron chi connectivity index (χ2n) is 7.79. The predicted octanol–water partition coefficient (Wildman–Crippen LogP) is 2.77. The van der Waals surface area contributed by atoms with Gasteiger partial charge >= 0.3 is 6.18 Å². The number of carbonyl (C=O) groups is 2. The molecule has 5 unspecified atom stereocenters. The molecule has 0 N–H and O–H groups in total. The van der Waals surface area contributed by atoms with Gasteiger partial charge in [0.1, 0.15) is 0 Å². The molecule has 1 aromatic rings. The Hall–Kier alpha value is -2.91. The minimum absolute atomic E-state index is 0.240. The molecule has 0 aliphatic carbocycles. The van der Waals surface area contributed by atoms with Crippen LogP contribution in [0.1, 0.15) is 31.4 Å². The van der Waals surface area contributed by atoms with E-state index in [0.29, 0.717) is 6.07 Å². The number of carbonyl (C=O) groups excluding carboxylic acids is 2. The van der Waals surface area contributed by atoms with Gasteiger partial charge in [-0.2, -0.15) is 23.7 Å². The third-order valence-corrected chi connectivity index (χ3v) is 6.18. The molecular formula is C19H14F3N3O3. The number of ether oxygens (including phenoxy) is 1. The number of alkyl halides is 3. The van der Waals surface area contributed by atoms with Crippen LogP contribution < -0.4 is 4.90 Å². The fourth-order valence-electron chi connectivity index (χ4n) is 4.99. The van der Waals surface area contributed by atoms with Gasteiger partial charge in [-0.3, -0.25) is 9.59 Å². The Bertz CT molecular complexity index is 1010. The van der Waals surface area contributed by atoms with E-state index in [1.807, 2.05) is 0 Å². The lowest BCUT2D eigenvalue weighted by atomic mass is 9.64. The fraction of sp³-hybridized carbons (Fsp3) is 0.474. The molecule has 9 heteroatoms. The lowest BCUT2D eigenvalue weighted by molar-refractivity contribution is -0.138. The van der Waals surface area contributed by atoms with Crippen LogP contribution in [-0.2, 0) is 20.5 Å². The van der Waals surface area contributed by atoms with E-state index >= 15 is 0 Å². The molecule has 5 atom stereocenters. The topological polar surface area (TPSA) is 94.2 Å². The van der Waals surface area contributed by atoms with Crippen molar-refractivity contribution < 1.29 is 27.5 Å².